The summed E-state index contributed by atoms with van der Waals surface area (Å²) in [5, 5.41) is 3.30. The van der Waals surface area contributed by atoms with E-state index >= 15 is 0 Å². The first-order valence-corrected chi connectivity index (χ1v) is 8.18. The first-order chi connectivity index (χ1) is 8.95. The summed E-state index contributed by atoms with van der Waals surface area (Å²) in [6.45, 7) is 5.40. The zero-order valence-corrected chi connectivity index (χ0v) is 13.0. The van der Waals surface area contributed by atoms with Crippen molar-refractivity contribution in [3.05, 3.63) is 4.91 Å². The minimum absolute atomic E-state index is 0.0180. The highest BCUT2D eigenvalue weighted by Gasteiger charge is 2.34. The third kappa shape index (κ3) is 5.99. The Bertz CT molecular complexity index is 332. The molecule has 0 fully saturated rings. The van der Waals surface area contributed by atoms with E-state index in [-0.39, 0.29) is 32.1 Å². The Labute approximate surface area is 118 Å². The molecule has 0 aliphatic heterocycles. The third-order valence-corrected chi connectivity index (χ3v) is 4.98. The van der Waals surface area contributed by atoms with E-state index in [1.54, 1.807) is 20.8 Å². The minimum atomic E-state index is -3.36. The van der Waals surface area contributed by atoms with E-state index in [1.165, 1.54) is 0 Å². The largest absolute Gasteiger partial charge is 0.333 e. The fraction of sp³-hybridized carbons (Fsp3) is 0.900. The molecular formula is C10H20ClN2O5P. The normalized spacial score (nSPS) is 13.1. The van der Waals surface area contributed by atoms with Gasteiger partial charge in [-0.2, -0.15) is 5.01 Å². The molecule has 0 aromatic heterocycles. The van der Waals surface area contributed by atoms with Crippen molar-refractivity contribution in [2.75, 3.05) is 25.6 Å². The van der Waals surface area contributed by atoms with Crippen LogP contribution >= 0.6 is 19.2 Å². The van der Waals surface area contributed by atoms with Crippen LogP contribution in [0.2, 0.25) is 0 Å². The average Bonchev–Trinajstić information content (AvgIpc) is 2.36. The molecule has 1 atom stereocenters. The molecule has 0 aliphatic carbocycles. The molecule has 112 valence electrons. The van der Waals surface area contributed by atoms with Gasteiger partial charge in [-0.05, 0) is 13.8 Å². The van der Waals surface area contributed by atoms with Gasteiger partial charge in [0.2, 0.25) is 5.91 Å². The maximum Gasteiger partial charge on any atom is 0.333 e. The van der Waals surface area contributed by atoms with Crippen molar-refractivity contribution in [1.29, 1.82) is 0 Å². The van der Waals surface area contributed by atoms with E-state index < -0.39 is 19.2 Å². The van der Waals surface area contributed by atoms with Gasteiger partial charge in [-0.1, -0.05) is 6.92 Å². The van der Waals surface area contributed by atoms with Crippen molar-refractivity contribution in [1.82, 2.24) is 5.01 Å². The molecule has 0 unspecified atom stereocenters. The van der Waals surface area contributed by atoms with Crippen molar-refractivity contribution in [2.24, 2.45) is 5.29 Å². The second-order valence-electron chi connectivity index (χ2n) is 3.72. The van der Waals surface area contributed by atoms with Gasteiger partial charge in [-0.3, -0.25) is 9.36 Å². The molecule has 0 spiro atoms. The van der Waals surface area contributed by atoms with Crippen molar-refractivity contribution >= 4 is 25.1 Å². The van der Waals surface area contributed by atoms with E-state index in [1.807, 2.05) is 0 Å². The molecule has 9 heteroatoms. The quantitative estimate of drug-likeness (QED) is 0.268. The van der Waals surface area contributed by atoms with Crippen LogP contribution < -0.4 is 0 Å². The molecule has 19 heavy (non-hydrogen) atoms. The first kappa shape index (κ1) is 18.5. The van der Waals surface area contributed by atoms with Crippen LogP contribution in [0.5, 0.6) is 0 Å². The number of rotatable bonds is 10. The summed E-state index contributed by atoms with van der Waals surface area (Å²) in [4.78, 5) is 22.3. The monoisotopic (exact) mass is 314 g/mol. The van der Waals surface area contributed by atoms with Crippen LogP contribution in [0.25, 0.3) is 0 Å². The summed E-state index contributed by atoms with van der Waals surface area (Å²) in [7, 11) is -3.36. The Hall–Kier alpha value is -0.490. The molecule has 0 heterocycles. The van der Waals surface area contributed by atoms with E-state index in [4.69, 9.17) is 20.6 Å². The van der Waals surface area contributed by atoms with Gasteiger partial charge in [0.05, 0.1) is 30.7 Å². The SMILES string of the molecule is CCOP(=O)(OCC)[C@H](C)CC(=O)N(CCCl)N=O. The number of carbonyl (C=O) groups excluding carboxylic acids is 1. The fourth-order valence-electron chi connectivity index (χ4n) is 1.41. The van der Waals surface area contributed by atoms with Crippen LogP contribution in [-0.4, -0.2) is 42.2 Å². The number of hydrogen-bond acceptors (Lipinski definition) is 6. The van der Waals surface area contributed by atoms with Gasteiger partial charge < -0.3 is 9.05 Å². The van der Waals surface area contributed by atoms with E-state index in [0.717, 1.165) is 0 Å². The molecule has 0 saturated carbocycles. The summed E-state index contributed by atoms with van der Waals surface area (Å²) >= 11 is 5.45. The van der Waals surface area contributed by atoms with Crippen LogP contribution in [0.15, 0.2) is 5.29 Å². The molecule has 0 aromatic rings. The maximum absolute atomic E-state index is 12.4. The van der Waals surface area contributed by atoms with Crippen molar-refractivity contribution in [2.45, 2.75) is 32.9 Å². The summed E-state index contributed by atoms with van der Waals surface area (Å²) in [6, 6.07) is 0. The number of amides is 1. The lowest BCUT2D eigenvalue weighted by Crippen LogP contribution is -2.30. The standard InChI is InChI=1S/C10H20ClN2O5P/c1-4-17-19(16,18-5-2)9(3)8-10(14)13(12-15)7-6-11/h9H,4-8H2,1-3H3/t9-/m1/s1. The van der Waals surface area contributed by atoms with Gasteiger partial charge in [0.15, 0.2) is 0 Å². The predicted octanol–water partition coefficient (Wildman–Crippen LogP) is 2.78. The van der Waals surface area contributed by atoms with Gasteiger partial charge in [0, 0.05) is 12.3 Å². The Kier molecular flexibility index (Phi) is 9.18. The zero-order chi connectivity index (χ0) is 14.9. The Balaban J connectivity index is 4.71. The highest BCUT2D eigenvalue weighted by molar-refractivity contribution is 7.54. The van der Waals surface area contributed by atoms with Gasteiger partial charge in [-0.25, -0.2) is 0 Å². The molecule has 0 N–H and O–H groups in total. The van der Waals surface area contributed by atoms with Crippen LogP contribution in [0.4, 0.5) is 0 Å². The minimum Gasteiger partial charge on any atom is -0.309 e. The second kappa shape index (κ2) is 9.42. The first-order valence-electron chi connectivity index (χ1n) is 6.03. The molecule has 7 nitrogen and oxygen atoms in total. The molecular weight excluding hydrogens is 295 g/mol. The summed E-state index contributed by atoms with van der Waals surface area (Å²) in [6.07, 6.45) is -0.153. The second-order valence-corrected chi connectivity index (χ2v) is 6.57. The summed E-state index contributed by atoms with van der Waals surface area (Å²) in [5.41, 5.74) is -0.653. The lowest BCUT2D eigenvalue weighted by atomic mass is 10.3. The smallest absolute Gasteiger partial charge is 0.309 e. The highest BCUT2D eigenvalue weighted by atomic mass is 35.5. The average molecular weight is 315 g/mol. The van der Waals surface area contributed by atoms with Crippen LogP contribution in [-0.2, 0) is 18.4 Å². The molecule has 0 radical (unpaired) electrons. The molecule has 0 aliphatic rings. The Morgan fingerprint density at radius 2 is 1.89 bits per heavy atom. The van der Waals surface area contributed by atoms with Crippen molar-refractivity contribution in [3.63, 3.8) is 0 Å². The molecule has 1 amide bonds. The van der Waals surface area contributed by atoms with Crippen LogP contribution in [0.1, 0.15) is 27.2 Å². The summed E-state index contributed by atoms with van der Waals surface area (Å²) < 4.78 is 22.6. The number of nitrogens with zero attached hydrogens (tertiary/aromatic N) is 2. The number of hydrogen-bond donors (Lipinski definition) is 0. The van der Waals surface area contributed by atoms with Gasteiger partial charge >= 0.3 is 7.60 Å². The molecule has 0 saturated heterocycles. The Morgan fingerprint density at radius 3 is 2.26 bits per heavy atom. The Morgan fingerprint density at radius 1 is 1.37 bits per heavy atom. The van der Waals surface area contributed by atoms with E-state index in [2.05, 4.69) is 5.29 Å². The number of carbonyl (C=O) groups is 1. The van der Waals surface area contributed by atoms with Crippen molar-refractivity contribution in [3.8, 4) is 0 Å². The lowest BCUT2D eigenvalue weighted by molar-refractivity contribution is -0.131. The van der Waals surface area contributed by atoms with Gasteiger partial charge in [-0.15, -0.1) is 16.5 Å². The molecule has 0 aromatic carbocycles. The molecule has 0 bridgehead atoms. The number of alkyl halides is 1. The van der Waals surface area contributed by atoms with Gasteiger partial charge in [0.1, 0.15) is 0 Å². The fourth-order valence-corrected chi connectivity index (χ4v) is 3.26. The van der Waals surface area contributed by atoms with Gasteiger partial charge in [0.25, 0.3) is 0 Å². The van der Waals surface area contributed by atoms with Crippen LogP contribution in [0, 0.1) is 4.91 Å². The summed E-state index contributed by atoms with van der Waals surface area (Å²) in [5.74, 6) is -0.455. The van der Waals surface area contributed by atoms with Crippen molar-refractivity contribution < 1.29 is 18.4 Å². The topological polar surface area (TPSA) is 85.3 Å². The van der Waals surface area contributed by atoms with E-state index in [0.29, 0.717) is 5.01 Å². The number of nitroso groups, excluding NO2 is 1. The lowest BCUT2D eigenvalue weighted by Gasteiger charge is -2.23. The number of halogens is 1. The molecule has 0 rings (SSSR count). The highest BCUT2D eigenvalue weighted by Crippen LogP contribution is 2.54. The van der Waals surface area contributed by atoms with E-state index in [9.17, 15) is 14.3 Å². The van der Waals surface area contributed by atoms with Crippen LogP contribution in [0.3, 0.4) is 0 Å². The maximum atomic E-state index is 12.4. The zero-order valence-electron chi connectivity index (χ0n) is 11.4. The predicted molar refractivity (Wildman–Crippen MR) is 73.2 cm³/mol. The third-order valence-electron chi connectivity index (χ3n) is 2.31.